The molecular weight excluding hydrogens is 242 g/mol. The highest BCUT2D eigenvalue weighted by Gasteiger charge is 2.23. The first-order valence-corrected chi connectivity index (χ1v) is 7.80. The highest BCUT2D eigenvalue weighted by Crippen LogP contribution is 2.36. The van der Waals surface area contributed by atoms with E-state index in [1.165, 1.54) is 5.56 Å². The Labute approximate surface area is 114 Å². The smallest absolute Gasteiger partial charge is 0.122 e. The molecule has 2 rings (SSSR count). The summed E-state index contributed by atoms with van der Waals surface area (Å²) in [6.07, 6.45) is 2.16. The molecule has 0 amide bonds. The zero-order valence-corrected chi connectivity index (χ0v) is 12.1. The van der Waals surface area contributed by atoms with E-state index in [9.17, 15) is 0 Å². The van der Waals surface area contributed by atoms with Crippen molar-refractivity contribution < 1.29 is 4.74 Å². The van der Waals surface area contributed by atoms with E-state index in [1.54, 1.807) is 0 Å². The van der Waals surface area contributed by atoms with Crippen molar-refractivity contribution in [1.29, 1.82) is 0 Å². The summed E-state index contributed by atoms with van der Waals surface area (Å²) < 4.78 is 5.69. The van der Waals surface area contributed by atoms with E-state index < -0.39 is 0 Å². The highest BCUT2D eigenvalue weighted by molar-refractivity contribution is 7.99. The second-order valence-electron chi connectivity index (χ2n) is 5.25. The number of para-hydroxylation sites is 1. The summed E-state index contributed by atoms with van der Waals surface area (Å²) in [6, 6.07) is 8.66. The molecule has 3 heteroatoms. The zero-order valence-electron chi connectivity index (χ0n) is 11.3. The third-order valence-electron chi connectivity index (χ3n) is 3.31. The second kappa shape index (κ2) is 6.48. The van der Waals surface area contributed by atoms with E-state index in [2.05, 4.69) is 32.0 Å². The van der Waals surface area contributed by atoms with Crippen LogP contribution in [0, 0.1) is 0 Å². The lowest BCUT2D eigenvalue weighted by Gasteiger charge is -2.28. The lowest BCUT2D eigenvalue weighted by molar-refractivity contribution is 0.260. The van der Waals surface area contributed by atoms with Crippen molar-refractivity contribution in [2.24, 2.45) is 5.73 Å². The summed E-state index contributed by atoms with van der Waals surface area (Å²) >= 11 is 1.95. The Morgan fingerprint density at radius 3 is 2.94 bits per heavy atom. The minimum atomic E-state index is 0.286. The van der Waals surface area contributed by atoms with Crippen molar-refractivity contribution >= 4 is 11.8 Å². The van der Waals surface area contributed by atoms with Gasteiger partial charge in [0, 0.05) is 11.8 Å². The van der Waals surface area contributed by atoms with Gasteiger partial charge in [-0.25, -0.2) is 0 Å². The molecule has 100 valence electrons. The SMILES string of the molecule is CC(C)SCC(N)CC1CCOc2ccccc21. The van der Waals surface area contributed by atoms with E-state index in [0.29, 0.717) is 11.2 Å². The molecule has 0 saturated carbocycles. The van der Waals surface area contributed by atoms with Gasteiger partial charge in [0.05, 0.1) is 6.61 Å². The molecule has 1 heterocycles. The van der Waals surface area contributed by atoms with Crippen LogP contribution in [-0.4, -0.2) is 23.7 Å². The standard InChI is InChI=1S/C15H23NOS/c1-11(2)18-10-13(16)9-12-7-8-17-15-6-4-3-5-14(12)15/h3-6,11-13H,7-10,16H2,1-2H3. The lowest BCUT2D eigenvalue weighted by atomic mass is 9.88. The van der Waals surface area contributed by atoms with Gasteiger partial charge in [0.15, 0.2) is 0 Å². The van der Waals surface area contributed by atoms with Gasteiger partial charge in [-0.05, 0) is 35.6 Å². The van der Waals surface area contributed by atoms with E-state index in [1.807, 2.05) is 17.8 Å². The Morgan fingerprint density at radius 2 is 2.17 bits per heavy atom. The molecule has 18 heavy (non-hydrogen) atoms. The molecule has 2 unspecified atom stereocenters. The molecule has 2 N–H and O–H groups in total. The summed E-state index contributed by atoms with van der Waals surface area (Å²) in [4.78, 5) is 0. The monoisotopic (exact) mass is 265 g/mol. The van der Waals surface area contributed by atoms with Crippen LogP contribution in [0.1, 0.15) is 38.2 Å². The highest BCUT2D eigenvalue weighted by atomic mass is 32.2. The number of thioether (sulfide) groups is 1. The predicted molar refractivity (Wildman–Crippen MR) is 79.5 cm³/mol. The van der Waals surface area contributed by atoms with Gasteiger partial charge in [-0.1, -0.05) is 32.0 Å². The van der Waals surface area contributed by atoms with Gasteiger partial charge in [-0.2, -0.15) is 11.8 Å². The van der Waals surface area contributed by atoms with Gasteiger partial charge in [0.25, 0.3) is 0 Å². The lowest BCUT2D eigenvalue weighted by Crippen LogP contribution is -2.28. The molecule has 0 fully saturated rings. The molecule has 0 spiro atoms. The number of nitrogens with two attached hydrogens (primary N) is 1. The van der Waals surface area contributed by atoms with Crippen molar-refractivity contribution in [1.82, 2.24) is 0 Å². The zero-order chi connectivity index (χ0) is 13.0. The van der Waals surface area contributed by atoms with Crippen LogP contribution in [0.15, 0.2) is 24.3 Å². The summed E-state index contributed by atoms with van der Waals surface area (Å²) in [5, 5.41) is 0.665. The molecule has 1 aromatic rings. The number of benzene rings is 1. The average Bonchev–Trinajstić information content (AvgIpc) is 2.37. The van der Waals surface area contributed by atoms with Crippen molar-refractivity contribution in [2.75, 3.05) is 12.4 Å². The Balaban J connectivity index is 1.94. The number of fused-ring (bicyclic) bond motifs is 1. The number of rotatable bonds is 5. The van der Waals surface area contributed by atoms with Gasteiger partial charge in [0.1, 0.15) is 5.75 Å². The van der Waals surface area contributed by atoms with Crippen molar-refractivity contribution in [3.8, 4) is 5.75 Å². The van der Waals surface area contributed by atoms with Gasteiger partial charge >= 0.3 is 0 Å². The topological polar surface area (TPSA) is 35.2 Å². The molecule has 1 aromatic carbocycles. The maximum atomic E-state index is 6.25. The largest absolute Gasteiger partial charge is 0.493 e. The fraction of sp³-hybridized carbons (Fsp3) is 0.600. The number of hydrogen-bond acceptors (Lipinski definition) is 3. The number of ether oxygens (including phenoxy) is 1. The maximum absolute atomic E-state index is 6.25. The van der Waals surface area contributed by atoms with Crippen molar-refractivity contribution in [3.05, 3.63) is 29.8 Å². The molecule has 1 aliphatic rings. The summed E-state index contributed by atoms with van der Waals surface area (Å²) in [6.45, 7) is 5.27. The third kappa shape index (κ3) is 3.66. The second-order valence-corrected chi connectivity index (χ2v) is 6.86. The molecule has 0 radical (unpaired) electrons. The van der Waals surface area contributed by atoms with Crippen LogP contribution in [0.3, 0.4) is 0 Å². The summed E-state index contributed by atoms with van der Waals surface area (Å²) in [7, 11) is 0. The molecule has 0 saturated heterocycles. The molecule has 0 aromatic heterocycles. The minimum absolute atomic E-state index is 0.286. The van der Waals surface area contributed by atoms with Crippen LogP contribution in [0.4, 0.5) is 0 Å². The Morgan fingerprint density at radius 1 is 1.39 bits per heavy atom. The normalized spacial score (nSPS) is 20.3. The van der Waals surface area contributed by atoms with Crippen LogP contribution in [0.2, 0.25) is 0 Å². The van der Waals surface area contributed by atoms with E-state index in [-0.39, 0.29) is 6.04 Å². The van der Waals surface area contributed by atoms with E-state index in [4.69, 9.17) is 10.5 Å². The summed E-state index contributed by atoms with van der Waals surface area (Å²) in [5.74, 6) is 2.67. The van der Waals surface area contributed by atoms with E-state index in [0.717, 1.165) is 31.0 Å². The van der Waals surface area contributed by atoms with Crippen molar-refractivity contribution in [3.63, 3.8) is 0 Å². The first kappa shape index (κ1) is 13.8. The molecule has 2 atom stereocenters. The maximum Gasteiger partial charge on any atom is 0.122 e. The van der Waals surface area contributed by atoms with Crippen LogP contribution >= 0.6 is 11.8 Å². The fourth-order valence-corrected chi connectivity index (χ4v) is 3.18. The molecule has 0 bridgehead atoms. The summed E-state index contributed by atoms with van der Waals surface area (Å²) in [5.41, 5.74) is 7.59. The Hall–Kier alpha value is -0.670. The van der Waals surface area contributed by atoms with Crippen LogP contribution in [0.25, 0.3) is 0 Å². The van der Waals surface area contributed by atoms with Crippen LogP contribution < -0.4 is 10.5 Å². The van der Waals surface area contributed by atoms with Gasteiger partial charge in [-0.3, -0.25) is 0 Å². The Kier molecular flexibility index (Phi) is 4.95. The first-order valence-electron chi connectivity index (χ1n) is 6.75. The minimum Gasteiger partial charge on any atom is -0.493 e. The third-order valence-corrected chi connectivity index (χ3v) is 4.60. The Bertz CT molecular complexity index is 381. The molecule has 1 aliphatic heterocycles. The van der Waals surface area contributed by atoms with Gasteiger partial charge < -0.3 is 10.5 Å². The number of hydrogen-bond donors (Lipinski definition) is 1. The first-order chi connectivity index (χ1) is 8.66. The van der Waals surface area contributed by atoms with Crippen molar-refractivity contribution in [2.45, 2.75) is 43.9 Å². The average molecular weight is 265 g/mol. The quantitative estimate of drug-likeness (QED) is 0.886. The van der Waals surface area contributed by atoms with Gasteiger partial charge in [-0.15, -0.1) is 0 Å². The van der Waals surface area contributed by atoms with Crippen LogP contribution in [0.5, 0.6) is 5.75 Å². The predicted octanol–water partition coefficient (Wildman–Crippen LogP) is 3.41. The van der Waals surface area contributed by atoms with E-state index >= 15 is 0 Å². The molecular formula is C15H23NOS. The fourth-order valence-electron chi connectivity index (χ4n) is 2.41. The van der Waals surface area contributed by atoms with Gasteiger partial charge in [0.2, 0.25) is 0 Å². The van der Waals surface area contributed by atoms with Crippen LogP contribution in [-0.2, 0) is 0 Å². The molecule has 0 aliphatic carbocycles. The molecule has 2 nitrogen and oxygen atoms in total.